The van der Waals surface area contributed by atoms with E-state index in [4.69, 9.17) is 18.3 Å². The molecule has 0 N–H and O–H groups in total. The van der Waals surface area contributed by atoms with Crippen LogP contribution in [0.25, 0.3) is 0 Å². The van der Waals surface area contributed by atoms with E-state index in [1.165, 1.54) is 6.04 Å². The molecule has 1 rings (SSSR count). The summed E-state index contributed by atoms with van der Waals surface area (Å²) in [6, 6.07) is 1.30. The molecular formula is C9H21O5PSi. The van der Waals surface area contributed by atoms with Crippen molar-refractivity contribution in [2.45, 2.75) is 25.6 Å². The molecule has 7 heteroatoms. The molecule has 0 atom stereocenters. The Kier molecular flexibility index (Phi) is 6.80. The first-order valence-corrected chi connectivity index (χ1v) is 10.3. The molecule has 1 aliphatic heterocycles. The summed E-state index contributed by atoms with van der Waals surface area (Å²) in [6.45, 7) is 6.79. The lowest BCUT2D eigenvalue weighted by molar-refractivity contribution is 0.0852. The van der Waals surface area contributed by atoms with Crippen LogP contribution in [0, 0.1) is 0 Å². The third-order valence-corrected chi connectivity index (χ3v) is 5.19. The predicted molar refractivity (Wildman–Crippen MR) is 64.6 cm³/mol. The van der Waals surface area contributed by atoms with Crippen LogP contribution in [-0.4, -0.2) is 41.8 Å². The van der Waals surface area contributed by atoms with E-state index in [-0.39, 0.29) is 6.61 Å². The predicted octanol–water partition coefficient (Wildman–Crippen LogP) is 2.05. The maximum Gasteiger partial charge on any atom is 0.475 e. The Balaban J connectivity index is 1.90. The van der Waals surface area contributed by atoms with E-state index in [2.05, 4.69) is 13.1 Å². The minimum absolute atomic E-state index is 0.260. The highest BCUT2D eigenvalue weighted by atomic mass is 31.2. The number of phosphoric acid groups is 1. The Hall–Kier alpha value is 0.287. The van der Waals surface area contributed by atoms with Gasteiger partial charge in [-0.2, -0.15) is 0 Å². The highest BCUT2D eigenvalue weighted by Crippen LogP contribution is 2.52. The molecule has 0 saturated carbocycles. The number of phosphoric ester groups is 1. The lowest BCUT2D eigenvalue weighted by atomic mass is 10.5. The highest BCUT2D eigenvalue weighted by Gasteiger charge is 2.31. The van der Waals surface area contributed by atoms with Crippen LogP contribution in [0.3, 0.4) is 0 Å². The third kappa shape index (κ3) is 6.13. The topological polar surface area (TPSA) is 54.0 Å². The maximum absolute atomic E-state index is 11.5. The van der Waals surface area contributed by atoms with Gasteiger partial charge in [-0.1, -0.05) is 19.1 Å². The van der Waals surface area contributed by atoms with Gasteiger partial charge >= 0.3 is 7.82 Å². The van der Waals surface area contributed by atoms with Crippen LogP contribution < -0.4 is 0 Å². The Morgan fingerprint density at radius 2 is 1.88 bits per heavy atom. The number of rotatable bonds is 8. The van der Waals surface area contributed by atoms with Crippen LogP contribution in [0.5, 0.6) is 0 Å². The van der Waals surface area contributed by atoms with E-state index in [1.54, 1.807) is 0 Å². The van der Waals surface area contributed by atoms with Crippen LogP contribution in [-0.2, 0) is 22.9 Å². The van der Waals surface area contributed by atoms with Gasteiger partial charge in [0.1, 0.15) is 0 Å². The van der Waals surface area contributed by atoms with Crippen LogP contribution >= 0.6 is 7.82 Å². The van der Waals surface area contributed by atoms with Crippen molar-refractivity contribution in [2.24, 2.45) is 0 Å². The zero-order valence-corrected chi connectivity index (χ0v) is 12.1. The summed E-state index contributed by atoms with van der Waals surface area (Å²) in [7, 11) is -3.67. The average Bonchev–Trinajstić information content (AvgIpc) is 2.64. The first-order valence-electron chi connectivity index (χ1n) is 5.74. The zero-order chi connectivity index (χ0) is 11.9. The Morgan fingerprint density at radius 1 is 1.19 bits per heavy atom. The van der Waals surface area contributed by atoms with Crippen molar-refractivity contribution in [3.63, 3.8) is 0 Å². The lowest BCUT2D eigenvalue weighted by Crippen LogP contribution is -2.06. The summed E-state index contributed by atoms with van der Waals surface area (Å²) >= 11 is 0. The van der Waals surface area contributed by atoms with Gasteiger partial charge in [0.2, 0.25) is 0 Å². The summed E-state index contributed by atoms with van der Waals surface area (Å²) in [6.07, 6.45) is 1.11. The first-order chi connectivity index (χ1) is 7.62. The van der Waals surface area contributed by atoms with Crippen molar-refractivity contribution >= 4 is 16.6 Å². The quantitative estimate of drug-likeness (QED) is 0.383. The van der Waals surface area contributed by atoms with Crippen LogP contribution in [0.4, 0.5) is 0 Å². The summed E-state index contributed by atoms with van der Waals surface area (Å²) in [5, 5.41) is 0. The van der Waals surface area contributed by atoms with Gasteiger partial charge in [-0.3, -0.25) is 13.6 Å². The van der Waals surface area contributed by atoms with Gasteiger partial charge in [-0.15, -0.1) is 0 Å². The minimum atomic E-state index is -3.21. The number of hydrogen-bond acceptors (Lipinski definition) is 5. The SMILES string of the molecule is C[SiH](C)CCCOCCOP1(=O)OCCO1. The fourth-order valence-corrected chi connectivity index (χ4v) is 3.41. The van der Waals surface area contributed by atoms with E-state index >= 15 is 0 Å². The Morgan fingerprint density at radius 3 is 2.50 bits per heavy atom. The largest absolute Gasteiger partial charge is 0.475 e. The number of hydrogen-bond donors (Lipinski definition) is 0. The van der Waals surface area contributed by atoms with E-state index in [0.29, 0.717) is 19.8 Å². The van der Waals surface area contributed by atoms with Gasteiger partial charge in [0.05, 0.1) is 26.4 Å². The zero-order valence-electron chi connectivity index (χ0n) is 10.0. The van der Waals surface area contributed by atoms with Crippen molar-refractivity contribution in [1.29, 1.82) is 0 Å². The molecular weight excluding hydrogens is 247 g/mol. The molecule has 0 aromatic rings. The molecule has 0 aliphatic carbocycles. The molecule has 0 spiro atoms. The van der Waals surface area contributed by atoms with Gasteiger partial charge < -0.3 is 4.74 Å². The van der Waals surface area contributed by atoms with E-state index < -0.39 is 16.6 Å². The smallest absolute Gasteiger partial charge is 0.379 e. The van der Waals surface area contributed by atoms with E-state index in [9.17, 15) is 4.57 Å². The van der Waals surface area contributed by atoms with E-state index in [0.717, 1.165) is 13.0 Å². The van der Waals surface area contributed by atoms with Crippen LogP contribution in [0.2, 0.25) is 19.1 Å². The van der Waals surface area contributed by atoms with Gasteiger partial charge in [0.15, 0.2) is 0 Å². The molecule has 1 saturated heterocycles. The van der Waals surface area contributed by atoms with Crippen molar-refractivity contribution in [3.05, 3.63) is 0 Å². The van der Waals surface area contributed by atoms with Crippen molar-refractivity contribution in [1.82, 2.24) is 0 Å². The first kappa shape index (κ1) is 14.3. The highest BCUT2D eigenvalue weighted by molar-refractivity contribution is 7.48. The summed E-state index contributed by atoms with van der Waals surface area (Å²) < 4.78 is 31.6. The standard InChI is InChI=1S/C9H21O5PSi/c1-16(2)9-3-4-11-5-6-12-15(10)13-7-8-14-15/h16H,3-9H2,1-2H3. The van der Waals surface area contributed by atoms with Crippen molar-refractivity contribution in [3.8, 4) is 0 Å². The van der Waals surface area contributed by atoms with E-state index in [1.807, 2.05) is 0 Å². The molecule has 0 amide bonds. The molecule has 5 nitrogen and oxygen atoms in total. The molecule has 0 radical (unpaired) electrons. The monoisotopic (exact) mass is 268 g/mol. The van der Waals surface area contributed by atoms with Gasteiger partial charge in [0.25, 0.3) is 0 Å². The lowest BCUT2D eigenvalue weighted by Gasteiger charge is -2.10. The molecule has 1 fully saturated rings. The van der Waals surface area contributed by atoms with Crippen LogP contribution in [0.15, 0.2) is 0 Å². The Bertz CT molecular complexity index is 226. The molecule has 0 bridgehead atoms. The second-order valence-electron chi connectivity index (χ2n) is 4.10. The normalized spacial score (nSPS) is 19.4. The molecule has 0 aromatic carbocycles. The molecule has 1 heterocycles. The van der Waals surface area contributed by atoms with Crippen molar-refractivity contribution < 1.29 is 22.9 Å². The average molecular weight is 268 g/mol. The van der Waals surface area contributed by atoms with Gasteiger partial charge in [-0.05, 0) is 6.42 Å². The summed E-state index contributed by atoms with van der Waals surface area (Å²) in [4.78, 5) is 0. The molecule has 0 unspecified atom stereocenters. The van der Waals surface area contributed by atoms with Gasteiger partial charge in [-0.25, -0.2) is 4.57 Å². The molecule has 16 heavy (non-hydrogen) atoms. The Labute approximate surface area is 98.6 Å². The fraction of sp³-hybridized carbons (Fsp3) is 1.00. The molecule has 96 valence electrons. The second kappa shape index (κ2) is 7.58. The van der Waals surface area contributed by atoms with Crippen LogP contribution in [0.1, 0.15) is 6.42 Å². The fourth-order valence-electron chi connectivity index (χ4n) is 1.31. The molecule has 1 aliphatic rings. The molecule has 0 aromatic heterocycles. The third-order valence-electron chi connectivity index (χ3n) is 2.13. The van der Waals surface area contributed by atoms with Gasteiger partial charge in [0, 0.05) is 15.4 Å². The summed E-state index contributed by atoms with van der Waals surface area (Å²) in [5.41, 5.74) is 0. The second-order valence-corrected chi connectivity index (χ2v) is 9.13. The maximum atomic E-state index is 11.5. The summed E-state index contributed by atoms with van der Waals surface area (Å²) in [5.74, 6) is 0. The minimum Gasteiger partial charge on any atom is -0.379 e. The number of ether oxygens (including phenoxy) is 1. The van der Waals surface area contributed by atoms with Crippen molar-refractivity contribution in [2.75, 3.05) is 33.0 Å².